The van der Waals surface area contributed by atoms with Gasteiger partial charge in [-0.25, -0.2) is 4.79 Å². The molecule has 2 aliphatic heterocycles. The Morgan fingerprint density at radius 2 is 2.17 bits per heavy atom. The fourth-order valence-electron chi connectivity index (χ4n) is 4.13. The average Bonchev–Trinajstić information content (AvgIpc) is 3.23. The fourth-order valence-corrected chi connectivity index (χ4v) is 4.33. The van der Waals surface area contributed by atoms with E-state index in [0.717, 1.165) is 18.5 Å². The summed E-state index contributed by atoms with van der Waals surface area (Å²) in [6.07, 6.45) is 1.86. The van der Waals surface area contributed by atoms with Crippen LogP contribution in [0.4, 0.5) is 0 Å². The van der Waals surface area contributed by atoms with Crippen LogP contribution in [0.15, 0.2) is 46.6 Å². The molecule has 158 valence electrons. The SMILES string of the molecule is COC(=O)C1=C(N)Oc2cc(C)n(CC3CCCO3)c(=O)c2C1c1cccc(Cl)c1. The third-order valence-electron chi connectivity index (χ3n) is 5.57. The predicted molar refractivity (Wildman–Crippen MR) is 112 cm³/mol. The molecule has 2 aromatic rings. The second kappa shape index (κ2) is 8.16. The van der Waals surface area contributed by atoms with Crippen LogP contribution in [-0.4, -0.2) is 30.4 Å². The summed E-state index contributed by atoms with van der Waals surface area (Å²) >= 11 is 6.20. The van der Waals surface area contributed by atoms with Crippen molar-refractivity contribution in [2.24, 2.45) is 5.73 Å². The van der Waals surface area contributed by atoms with Gasteiger partial charge in [-0.2, -0.15) is 0 Å². The monoisotopic (exact) mass is 430 g/mol. The van der Waals surface area contributed by atoms with Gasteiger partial charge in [-0.15, -0.1) is 0 Å². The highest BCUT2D eigenvalue weighted by Gasteiger charge is 2.38. The quantitative estimate of drug-likeness (QED) is 0.750. The zero-order valence-corrected chi connectivity index (χ0v) is 17.6. The highest BCUT2D eigenvalue weighted by Crippen LogP contribution is 2.41. The van der Waals surface area contributed by atoms with Crippen molar-refractivity contribution in [2.75, 3.05) is 13.7 Å². The Morgan fingerprint density at radius 3 is 2.83 bits per heavy atom. The molecule has 2 aliphatic rings. The standard InChI is InChI=1S/C22H23ClN2O5/c1-12-9-16-18(21(26)25(12)11-15-7-4-8-29-15)17(13-5-3-6-14(23)10-13)19(20(24)30-16)22(27)28-2/h3,5-6,9-10,15,17H,4,7-8,11,24H2,1-2H3. The summed E-state index contributed by atoms with van der Waals surface area (Å²) in [6.45, 7) is 2.97. The van der Waals surface area contributed by atoms with Gasteiger partial charge in [-0.05, 0) is 37.5 Å². The van der Waals surface area contributed by atoms with Gasteiger partial charge in [0.25, 0.3) is 5.56 Å². The molecule has 1 aromatic heterocycles. The molecule has 1 saturated heterocycles. The average molecular weight is 431 g/mol. The van der Waals surface area contributed by atoms with Crippen molar-refractivity contribution in [3.63, 3.8) is 0 Å². The minimum Gasteiger partial charge on any atom is -0.465 e. The van der Waals surface area contributed by atoms with Crippen molar-refractivity contribution in [1.29, 1.82) is 0 Å². The second-order valence-corrected chi connectivity index (χ2v) is 7.91. The highest BCUT2D eigenvalue weighted by molar-refractivity contribution is 6.30. The van der Waals surface area contributed by atoms with Gasteiger partial charge >= 0.3 is 5.97 Å². The van der Waals surface area contributed by atoms with Crippen molar-refractivity contribution in [1.82, 2.24) is 4.57 Å². The van der Waals surface area contributed by atoms with Gasteiger partial charge in [0.15, 0.2) is 0 Å². The van der Waals surface area contributed by atoms with Crippen LogP contribution in [0.5, 0.6) is 5.75 Å². The molecule has 2 atom stereocenters. The van der Waals surface area contributed by atoms with E-state index in [-0.39, 0.29) is 23.1 Å². The lowest BCUT2D eigenvalue weighted by atomic mass is 9.83. The van der Waals surface area contributed by atoms with Gasteiger partial charge in [0.1, 0.15) is 11.3 Å². The molecule has 30 heavy (non-hydrogen) atoms. The summed E-state index contributed by atoms with van der Waals surface area (Å²) in [5.41, 5.74) is 7.64. The van der Waals surface area contributed by atoms with Crippen molar-refractivity contribution >= 4 is 17.6 Å². The Bertz CT molecular complexity index is 1090. The maximum Gasteiger partial charge on any atom is 0.340 e. The molecule has 4 rings (SSSR count). The van der Waals surface area contributed by atoms with Crippen LogP contribution >= 0.6 is 11.6 Å². The lowest BCUT2D eigenvalue weighted by Crippen LogP contribution is -2.36. The molecule has 0 aliphatic carbocycles. The van der Waals surface area contributed by atoms with Crippen molar-refractivity contribution in [2.45, 2.75) is 38.3 Å². The van der Waals surface area contributed by atoms with E-state index in [0.29, 0.717) is 35.1 Å². The summed E-state index contributed by atoms with van der Waals surface area (Å²) in [5, 5.41) is 0.482. The molecule has 0 amide bonds. The number of fused-ring (bicyclic) bond motifs is 1. The van der Waals surface area contributed by atoms with E-state index < -0.39 is 11.9 Å². The Kier molecular flexibility index (Phi) is 5.58. The van der Waals surface area contributed by atoms with E-state index in [1.807, 2.05) is 6.92 Å². The number of nitrogens with two attached hydrogens (primary N) is 1. The molecule has 2 unspecified atom stereocenters. The molecule has 3 heterocycles. The maximum atomic E-state index is 13.6. The number of nitrogens with zero attached hydrogens (tertiary/aromatic N) is 1. The maximum absolute atomic E-state index is 13.6. The summed E-state index contributed by atoms with van der Waals surface area (Å²) in [5.74, 6) is -1.18. The molecule has 7 nitrogen and oxygen atoms in total. The van der Waals surface area contributed by atoms with Gasteiger partial charge in [0.2, 0.25) is 5.88 Å². The highest BCUT2D eigenvalue weighted by atomic mass is 35.5. The smallest absolute Gasteiger partial charge is 0.340 e. The zero-order chi connectivity index (χ0) is 21.4. The van der Waals surface area contributed by atoms with Gasteiger partial charge in [-0.1, -0.05) is 23.7 Å². The predicted octanol–water partition coefficient (Wildman–Crippen LogP) is 2.86. The summed E-state index contributed by atoms with van der Waals surface area (Å²) in [4.78, 5) is 26.2. The van der Waals surface area contributed by atoms with Crippen LogP contribution in [0.25, 0.3) is 0 Å². The second-order valence-electron chi connectivity index (χ2n) is 7.47. The molecule has 1 aromatic carbocycles. The number of ether oxygens (including phenoxy) is 3. The molecular formula is C22H23ClN2O5. The van der Waals surface area contributed by atoms with E-state index >= 15 is 0 Å². The van der Waals surface area contributed by atoms with E-state index in [9.17, 15) is 9.59 Å². The van der Waals surface area contributed by atoms with E-state index in [4.69, 9.17) is 31.5 Å². The van der Waals surface area contributed by atoms with Gasteiger partial charge in [0, 0.05) is 23.4 Å². The van der Waals surface area contributed by atoms with Crippen LogP contribution in [-0.2, 0) is 20.8 Å². The third kappa shape index (κ3) is 3.59. The topological polar surface area (TPSA) is 92.8 Å². The van der Waals surface area contributed by atoms with Gasteiger partial charge < -0.3 is 24.5 Å². The molecule has 0 bridgehead atoms. The third-order valence-corrected chi connectivity index (χ3v) is 5.80. The molecule has 0 saturated carbocycles. The minimum atomic E-state index is -0.760. The number of methoxy groups -OCH3 is 1. The lowest BCUT2D eigenvalue weighted by Gasteiger charge is -2.29. The number of rotatable bonds is 4. The Balaban J connectivity index is 1.92. The number of carbonyl (C=O) groups excluding carboxylic acids is 1. The largest absolute Gasteiger partial charge is 0.465 e. The van der Waals surface area contributed by atoms with E-state index in [1.165, 1.54) is 7.11 Å². The van der Waals surface area contributed by atoms with Crippen LogP contribution in [0.1, 0.15) is 35.6 Å². The number of halogens is 1. The number of esters is 1. The van der Waals surface area contributed by atoms with Crippen LogP contribution in [0.2, 0.25) is 5.02 Å². The first kappa shape index (κ1) is 20.5. The summed E-state index contributed by atoms with van der Waals surface area (Å²) in [7, 11) is 1.26. The fraction of sp³-hybridized carbons (Fsp3) is 0.364. The number of hydrogen-bond donors (Lipinski definition) is 1. The normalized spacial score (nSPS) is 20.6. The number of aryl methyl sites for hydroxylation is 1. The molecule has 1 fully saturated rings. The van der Waals surface area contributed by atoms with Crippen LogP contribution < -0.4 is 16.0 Å². The van der Waals surface area contributed by atoms with Crippen molar-refractivity contribution in [3.8, 4) is 5.75 Å². The summed E-state index contributed by atoms with van der Waals surface area (Å²) < 4.78 is 18.0. The number of pyridine rings is 1. The molecule has 0 radical (unpaired) electrons. The molecule has 0 spiro atoms. The number of carbonyl (C=O) groups is 1. The van der Waals surface area contributed by atoms with Gasteiger partial charge in [-0.3, -0.25) is 4.79 Å². The first-order valence-corrected chi connectivity index (χ1v) is 10.2. The Hall–Kier alpha value is -2.77. The molecule has 8 heteroatoms. The van der Waals surface area contributed by atoms with Crippen LogP contribution in [0.3, 0.4) is 0 Å². The first-order valence-electron chi connectivity index (χ1n) is 9.78. The van der Waals surface area contributed by atoms with Crippen molar-refractivity contribution in [3.05, 3.63) is 74.0 Å². The lowest BCUT2D eigenvalue weighted by molar-refractivity contribution is -0.136. The van der Waals surface area contributed by atoms with Crippen LogP contribution in [0, 0.1) is 6.92 Å². The Morgan fingerprint density at radius 1 is 1.37 bits per heavy atom. The van der Waals surface area contributed by atoms with Gasteiger partial charge in [0.05, 0.1) is 31.2 Å². The Labute approximate surface area is 179 Å². The number of hydrogen-bond acceptors (Lipinski definition) is 6. The molecule has 2 N–H and O–H groups in total. The van der Waals surface area contributed by atoms with E-state index in [2.05, 4.69) is 0 Å². The van der Waals surface area contributed by atoms with Crippen molar-refractivity contribution < 1.29 is 19.0 Å². The molecular weight excluding hydrogens is 408 g/mol. The summed E-state index contributed by atoms with van der Waals surface area (Å²) in [6, 6.07) is 8.76. The number of aromatic nitrogens is 1. The first-order chi connectivity index (χ1) is 14.4. The zero-order valence-electron chi connectivity index (χ0n) is 16.8. The van der Waals surface area contributed by atoms with E-state index in [1.54, 1.807) is 34.9 Å². The number of benzene rings is 1. The minimum absolute atomic E-state index is 0.0192.